The SMILES string of the molecule is Cc1cc(Cn2c(OC3CCN(C(=O)C4CC4)CC3)nc3c2c(=O)n(C)c(=O)n3C)ccc1F. The average Bonchev–Trinajstić information content (AvgIpc) is 3.62. The Morgan fingerprint density at radius 1 is 1.12 bits per heavy atom. The molecule has 0 atom stereocenters. The van der Waals surface area contributed by atoms with E-state index in [1.54, 1.807) is 30.7 Å². The minimum absolute atomic E-state index is 0.172. The zero-order valence-electron chi connectivity index (χ0n) is 19.6. The van der Waals surface area contributed by atoms with Gasteiger partial charge in [0.05, 0.1) is 6.54 Å². The molecule has 1 saturated heterocycles. The van der Waals surface area contributed by atoms with Crippen molar-refractivity contribution in [2.45, 2.75) is 45.3 Å². The zero-order chi connectivity index (χ0) is 24.1. The molecule has 2 aromatic heterocycles. The molecule has 0 spiro atoms. The van der Waals surface area contributed by atoms with Gasteiger partial charge in [-0.2, -0.15) is 4.98 Å². The van der Waals surface area contributed by atoms with Crippen LogP contribution in [0.3, 0.4) is 0 Å². The molecule has 1 amide bonds. The quantitative estimate of drug-likeness (QED) is 0.567. The predicted molar refractivity (Wildman–Crippen MR) is 123 cm³/mol. The van der Waals surface area contributed by atoms with Crippen LogP contribution in [0, 0.1) is 18.7 Å². The van der Waals surface area contributed by atoms with E-state index in [-0.39, 0.29) is 47.5 Å². The molecular formula is C24H28FN5O4. The van der Waals surface area contributed by atoms with Crippen LogP contribution in [0.25, 0.3) is 11.2 Å². The van der Waals surface area contributed by atoms with Gasteiger partial charge < -0.3 is 9.64 Å². The smallest absolute Gasteiger partial charge is 0.332 e. The first-order valence-electron chi connectivity index (χ1n) is 11.6. The van der Waals surface area contributed by atoms with Crippen molar-refractivity contribution in [3.8, 4) is 6.01 Å². The first-order valence-corrected chi connectivity index (χ1v) is 11.6. The Bertz CT molecular complexity index is 1390. The molecule has 34 heavy (non-hydrogen) atoms. The second-order valence-corrected chi connectivity index (χ2v) is 9.36. The first kappa shape index (κ1) is 22.4. The number of ether oxygens (including phenoxy) is 1. The highest BCUT2D eigenvalue weighted by Gasteiger charge is 2.35. The van der Waals surface area contributed by atoms with Crippen LogP contribution in [0.4, 0.5) is 4.39 Å². The fourth-order valence-corrected chi connectivity index (χ4v) is 4.58. The molecule has 0 bridgehead atoms. The summed E-state index contributed by atoms with van der Waals surface area (Å²) in [7, 11) is 2.99. The summed E-state index contributed by atoms with van der Waals surface area (Å²) >= 11 is 0. The Kier molecular flexibility index (Phi) is 5.53. The summed E-state index contributed by atoms with van der Waals surface area (Å²) in [4.78, 5) is 44.3. The molecule has 1 aliphatic carbocycles. The number of aryl methyl sites for hydroxylation is 2. The number of likely N-dealkylation sites (tertiary alicyclic amines) is 1. The van der Waals surface area contributed by atoms with E-state index in [4.69, 9.17) is 4.74 Å². The van der Waals surface area contributed by atoms with Crippen molar-refractivity contribution in [3.63, 3.8) is 0 Å². The fraction of sp³-hybridized carbons (Fsp3) is 0.500. The van der Waals surface area contributed by atoms with E-state index < -0.39 is 11.2 Å². The van der Waals surface area contributed by atoms with Gasteiger partial charge in [-0.05, 0) is 37.0 Å². The molecule has 3 aromatic rings. The summed E-state index contributed by atoms with van der Waals surface area (Å²) in [5.74, 6) is 0.121. The van der Waals surface area contributed by atoms with Crippen LogP contribution in [0.2, 0.25) is 0 Å². The highest BCUT2D eigenvalue weighted by atomic mass is 19.1. The standard InChI is InChI=1S/C24H28FN5O4/c1-14-12-15(4-7-18(14)25)13-30-19-20(27(2)24(33)28(3)22(19)32)26-23(30)34-17-8-10-29(11-9-17)21(31)16-5-6-16/h4,7,12,16-17H,5-6,8-11,13H2,1-3H3. The number of halogens is 1. The van der Waals surface area contributed by atoms with Gasteiger partial charge in [-0.25, -0.2) is 9.18 Å². The number of carbonyl (C=O) groups is 1. The molecule has 3 heterocycles. The lowest BCUT2D eigenvalue weighted by molar-refractivity contribution is -0.134. The number of hydrogen-bond acceptors (Lipinski definition) is 5. The third-order valence-electron chi connectivity index (χ3n) is 6.83. The van der Waals surface area contributed by atoms with Crippen molar-refractivity contribution in [3.05, 3.63) is 56.0 Å². The van der Waals surface area contributed by atoms with E-state index in [1.807, 2.05) is 4.90 Å². The summed E-state index contributed by atoms with van der Waals surface area (Å²) in [6, 6.07) is 5.01. The maximum Gasteiger partial charge on any atom is 0.332 e. The lowest BCUT2D eigenvalue weighted by Gasteiger charge is -2.32. The van der Waals surface area contributed by atoms with Crippen LogP contribution in [-0.2, 0) is 25.4 Å². The van der Waals surface area contributed by atoms with E-state index in [2.05, 4.69) is 4.98 Å². The van der Waals surface area contributed by atoms with Gasteiger partial charge >= 0.3 is 5.69 Å². The Morgan fingerprint density at radius 2 is 1.82 bits per heavy atom. The molecule has 2 fully saturated rings. The molecule has 5 rings (SSSR count). The molecule has 1 aliphatic heterocycles. The number of carbonyl (C=O) groups excluding carboxylic acids is 1. The third kappa shape index (κ3) is 3.91. The average molecular weight is 470 g/mol. The molecule has 180 valence electrons. The fourth-order valence-electron chi connectivity index (χ4n) is 4.58. The first-order chi connectivity index (χ1) is 16.2. The summed E-state index contributed by atoms with van der Waals surface area (Å²) in [6.45, 7) is 3.16. The molecule has 0 N–H and O–H groups in total. The number of imidazole rings is 1. The van der Waals surface area contributed by atoms with Gasteiger partial charge in [0.25, 0.3) is 11.6 Å². The monoisotopic (exact) mass is 469 g/mol. The maximum atomic E-state index is 13.8. The Labute approximate surface area is 195 Å². The highest BCUT2D eigenvalue weighted by Crippen LogP contribution is 2.32. The van der Waals surface area contributed by atoms with Crippen LogP contribution in [0.5, 0.6) is 6.01 Å². The summed E-state index contributed by atoms with van der Waals surface area (Å²) in [5.41, 5.74) is 0.828. The third-order valence-corrected chi connectivity index (χ3v) is 6.83. The van der Waals surface area contributed by atoms with Gasteiger partial charge in [0, 0.05) is 45.9 Å². The van der Waals surface area contributed by atoms with Gasteiger partial charge in [0.15, 0.2) is 11.2 Å². The molecule has 0 unspecified atom stereocenters. The van der Waals surface area contributed by atoms with Gasteiger partial charge in [0.2, 0.25) is 5.91 Å². The minimum atomic E-state index is -0.474. The minimum Gasteiger partial charge on any atom is -0.461 e. The van der Waals surface area contributed by atoms with Crippen LogP contribution in [0.15, 0.2) is 27.8 Å². The van der Waals surface area contributed by atoms with Gasteiger partial charge in [-0.15, -0.1) is 0 Å². The number of rotatable bonds is 5. The molecule has 9 nitrogen and oxygen atoms in total. The van der Waals surface area contributed by atoms with Crippen molar-refractivity contribution >= 4 is 17.1 Å². The lowest BCUT2D eigenvalue weighted by Crippen LogP contribution is -2.42. The van der Waals surface area contributed by atoms with Gasteiger partial charge in [-0.1, -0.05) is 12.1 Å². The van der Waals surface area contributed by atoms with E-state index in [0.717, 1.165) is 23.0 Å². The van der Waals surface area contributed by atoms with E-state index in [9.17, 15) is 18.8 Å². The second-order valence-electron chi connectivity index (χ2n) is 9.36. The molecule has 1 aromatic carbocycles. The molecule has 10 heteroatoms. The van der Waals surface area contributed by atoms with Crippen LogP contribution >= 0.6 is 0 Å². The summed E-state index contributed by atoms with van der Waals surface area (Å²) < 4.78 is 24.1. The number of amides is 1. The Hall–Kier alpha value is -3.43. The molecule has 0 radical (unpaired) electrons. The second kappa shape index (κ2) is 8.41. The molecular weight excluding hydrogens is 441 g/mol. The number of nitrogens with zero attached hydrogens (tertiary/aromatic N) is 5. The van der Waals surface area contributed by atoms with E-state index in [0.29, 0.717) is 31.5 Å². The molecule has 2 aliphatic rings. The van der Waals surface area contributed by atoms with Crippen molar-refractivity contribution in [1.82, 2.24) is 23.6 Å². The predicted octanol–water partition coefficient (Wildman–Crippen LogP) is 1.71. The van der Waals surface area contributed by atoms with Crippen molar-refractivity contribution in [2.75, 3.05) is 13.1 Å². The van der Waals surface area contributed by atoms with Crippen molar-refractivity contribution in [1.29, 1.82) is 0 Å². The van der Waals surface area contributed by atoms with Crippen LogP contribution in [0.1, 0.15) is 36.8 Å². The van der Waals surface area contributed by atoms with E-state index >= 15 is 0 Å². The largest absolute Gasteiger partial charge is 0.461 e. The number of aromatic nitrogens is 4. The number of hydrogen-bond donors (Lipinski definition) is 0. The number of benzene rings is 1. The topological polar surface area (TPSA) is 91.4 Å². The normalized spacial score (nSPS) is 16.9. The number of piperidine rings is 1. The summed E-state index contributed by atoms with van der Waals surface area (Å²) in [6.07, 6.45) is 3.11. The van der Waals surface area contributed by atoms with Crippen LogP contribution in [-0.4, -0.2) is 48.7 Å². The van der Waals surface area contributed by atoms with Gasteiger partial charge in [0.1, 0.15) is 11.9 Å². The lowest BCUT2D eigenvalue weighted by atomic mass is 10.1. The Morgan fingerprint density at radius 3 is 2.47 bits per heavy atom. The van der Waals surface area contributed by atoms with Gasteiger partial charge in [-0.3, -0.25) is 23.3 Å². The number of fused-ring (bicyclic) bond motifs is 1. The van der Waals surface area contributed by atoms with Crippen LogP contribution < -0.4 is 16.0 Å². The van der Waals surface area contributed by atoms with Crippen molar-refractivity contribution in [2.24, 2.45) is 20.0 Å². The Balaban J connectivity index is 1.49. The summed E-state index contributed by atoms with van der Waals surface area (Å²) in [5, 5.41) is 0. The molecule has 1 saturated carbocycles. The van der Waals surface area contributed by atoms with E-state index in [1.165, 1.54) is 17.7 Å². The zero-order valence-corrected chi connectivity index (χ0v) is 19.6. The highest BCUT2D eigenvalue weighted by molar-refractivity contribution is 5.81. The maximum absolute atomic E-state index is 13.8. The van der Waals surface area contributed by atoms with Crippen molar-refractivity contribution < 1.29 is 13.9 Å².